The Morgan fingerprint density at radius 3 is 2.06 bits per heavy atom. The molecule has 1 aliphatic rings. The molecular formula is C28H52O3S2Si2. The molecule has 1 aromatic rings. The standard InChI is InChI=1S/C28H52O3S2Si2/c1-9-35(10-2,11-3)31-25(21-27-32-18-15-19-33-27)20-26(30-34(7,8)28(4,5)6)23-29-22-24-16-13-12-14-17-24/h12-14,16-17,25-27H,9-11,15,18-23H2,1-8H3/t25-,26+/m0/s1. The van der Waals surface area contributed by atoms with E-state index in [9.17, 15) is 0 Å². The van der Waals surface area contributed by atoms with Gasteiger partial charge in [-0.3, -0.25) is 0 Å². The minimum absolute atomic E-state index is 0.0699. The molecular weight excluding hydrogens is 505 g/mol. The van der Waals surface area contributed by atoms with Crippen LogP contribution in [0.25, 0.3) is 0 Å². The summed E-state index contributed by atoms with van der Waals surface area (Å²) in [7, 11) is -3.65. The Labute approximate surface area is 227 Å². The van der Waals surface area contributed by atoms with Gasteiger partial charge in [-0.05, 0) is 72.6 Å². The molecule has 0 bridgehead atoms. The van der Waals surface area contributed by atoms with Crippen LogP contribution in [0.1, 0.15) is 66.4 Å². The molecule has 0 spiro atoms. The van der Waals surface area contributed by atoms with Crippen molar-refractivity contribution in [2.75, 3.05) is 18.1 Å². The second kappa shape index (κ2) is 15.0. The maximum atomic E-state index is 7.18. The molecule has 0 N–H and O–H groups in total. The van der Waals surface area contributed by atoms with Gasteiger partial charge in [0.05, 0.1) is 23.9 Å². The number of benzene rings is 1. The monoisotopic (exact) mass is 556 g/mol. The molecule has 0 amide bonds. The lowest BCUT2D eigenvalue weighted by Gasteiger charge is -2.41. The Hall–Kier alpha value is 0.234. The van der Waals surface area contributed by atoms with Gasteiger partial charge in [-0.1, -0.05) is 71.9 Å². The van der Waals surface area contributed by atoms with Crippen LogP contribution in [0.15, 0.2) is 30.3 Å². The third-order valence-corrected chi connectivity index (χ3v) is 20.1. The van der Waals surface area contributed by atoms with Crippen LogP contribution in [-0.4, -0.2) is 51.5 Å². The lowest BCUT2D eigenvalue weighted by molar-refractivity contribution is 0.00915. The van der Waals surface area contributed by atoms with E-state index in [1.54, 1.807) is 0 Å². The Morgan fingerprint density at radius 2 is 1.51 bits per heavy atom. The zero-order valence-electron chi connectivity index (χ0n) is 23.7. The van der Waals surface area contributed by atoms with Crippen LogP contribution in [0, 0.1) is 0 Å². The highest BCUT2D eigenvalue weighted by atomic mass is 32.2. The summed E-state index contributed by atoms with van der Waals surface area (Å²) in [6.07, 6.45) is 3.72. The highest BCUT2D eigenvalue weighted by Crippen LogP contribution is 2.40. The number of ether oxygens (including phenoxy) is 1. The van der Waals surface area contributed by atoms with Gasteiger partial charge in [0.25, 0.3) is 0 Å². The van der Waals surface area contributed by atoms with Crippen LogP contribution in [0.5, 0.6) is 0 Å². The largest absolute Gasteiger partial charge is 0.414 e. The van der Waals surface area contributed by atoms with E-state index in [1.807, 2.05) is 0 Å². The first kappa shape index (κ1) is 31.5. The molecule has 1 saturated heterocycles. The molecule has 0 saturated carbocycles. The fraction of sp³-hybridized carbons (Fsp3) is 0.786. The molecule has 7 heteroatoms. The lowest BCUT2D eigenvalue weighted by atomic mass is 10.1. The van der Waals surface area contributed by atoms with E-state index < -0.39 is 16.6 Å². The minimum Gasteiger partial charge on any atom is -0.414 e. The molecule has 1 aromatic carbocycles. The Balaban J connectivity index is 2.19. The number of hydrogen-bond acceptors (Lipinski definition) is 5. The molecule has 1 aliphatic heterocycles. The van der Waals surface area contributed by atoms with E-state index in [2.05, 4.69) is 108 Å². The maximum absolute atomic E-state index is 7.18. The molecule has 0 aromatic heterocycles. The number of hydrogen-bond donors (Lipinski definition) is 0. The zero-order chi connectivity index (χ0) is 26.0. The van der Waals surface area contributed by atoms with E-state index in [0.717, 1.165) is 12.8 Å². The van der Waals surface area contributed by atoms with Crippen LogP contribution in [0.3, 0.4) is 0 Å². The van der Waals surface area contributed by atoms with Crippen molar-refractivity contribution in [3.05, 3.63) is 35.9 Å². The summed E-state index contributed by atoms with van der Waals surface area (Å²) >= 11 is 4.27. The van der Waals surface area contributed by atoms with Crippen LogP contribution < -0.4 is 0 Å². The van der Waals surface area contributed by atoms with Crippen molar-refractivity contribution >= 4 is 40.2 Å². The van der Waals surface area contributed by atoms with Crippen molar-refractivity contribution in [3.8, 4) is 0 Å². The second-order valence-electron chi connectivity index (χ2n) is 11.5. The van der Waals surface area contributed by atoms with Gasteiger partial charge in [-0.15, -0.1) is 23.5 Å². The molecule has 1 fully saturated rings. The van der Waals surface area contributed by atoms with E-state index in [0.29, 0.717) is 17.8 Å². The third kappa shape index (κ3) is 10.5. The Morgan fingerprint density at radius 1 is 0.914 bits per heavy atom. The van der Waals surface area contributed by atoms with Gasteiger partial charge in [-0.2, -0.15) is 0 Å². The van der Waals surface area contributed by atoms with Crippen LogP contribution >= 0.6 is 23.5 Å². The van der Waals surface area contributed by atoms with Gasteiger partial charge in [0, 0.05) is 6.10 Å². The maximum Gasteiger partial charge on any atom is 0.192 e. The van der Waals surface area contributed by atoms with Gasteiger partial charge in [0.15, 0.2) is 16.6 Å². The van der Waals surface area contributed by atoms with E-state index in [1.165, 1.54) is 41.6 Å². The zero-order valence-corrected chi connectivity index (χ0v) is 27.4. The molecule has 1 heterocycles. The van der Waals surface area contributed by atoms with Gasteiger partial charge < -0.3 is 13.6 Å². The Kier molecular flexibility index (Phi) is 13.5. The van der Waals surface area contributed by atoms with Crippen molar-refractivity contribution in [3.63, 3.8) is 0 Å². The average molecular weight is 557 g/mol. The van der Waals surface area contributed by atoms with E-state index >= 15 is 0 Å². The van der Waals surface area contributed by atoms with Crippen molar-refractivity contribution in [2.45, 2.75) is 120 Å². The van der Waals surface area contributed by atoms with Crippen LogP contribution in [0.4, 0.5) is 0 Å². The summed E-state index contributed by atoms with van der Waals surface area (Å²) in [5.74, 6) is 2.57. The average Bonchev–Trinajstić information content (AvgIpc) is 2.83. The minimum atomic E-state index is -1.93. The van der Waals surface area contributed by atoms with Crippen molar-refractivity contribution in [2.24, 2.45) is 0 Å². The molecule has 0 unspecified atom stereocenters. The fourth-order valence-corrected chi connectivity index (χ4v) is 11.6. The van der Waals surface area contributed by atoms with Crippen LogP contribution in [-0.2, 0) is 20.2 Å². The molecule has 202 valence electrons. The predicted molar refractivity (Wildman–Crippen MR) is 163 cm³/mol. The van der Waals surface area contributed by atoms with E-state index in [4.69, 9.17) is 13.6 Å². The molecule has 2 atom stereocenters. The summed E-state index contributed by atoms with van der Waals surface area (Å²) in [5.41, 5.74) is 1.22. The van der Waals surface area contributed by atoms with Gasteiger partial charge in [0.1, 0.15) is 0 Å². The lowest BCUT2D eigenvalue weighted by Crippen LogP contribution is -2.47. The molecule has 3 nitrogen and oxygen atoms in total. The highest BCUT2D eigenvalue weighted by molar-refractivity contribution is 8.17. The normalized spacial score (nSPS) is 17.9. The first-order valence-electron chi connectivity index (χ1n) is 13.7. The fourth-order valence-electron chi connectivity index (χ4n) is 4.35. The molecule has 0 radical (unpaired) electrons. The van der Waals surface area contributed by atoms with Crippen molar-refractivity contribution in [1.29, 1.82) is 0 Å². The van der Waals surface area contributed by atoms with Gasteiger partial charge in [-0.25, -0.2) is 0 Å². The van der Waals surface area contributed by atoms with Gasteiger partial charge in [0.2, 0.25) is 0 Å². The highest BCUT2D eigenvalue weighted by Gasteiger charge is 2.41. The number of thioether (sulfide) groups is 2. The quantitative estimate of drug-likeness (QED) is 0.201. The smallest absolute Gasteiger partial charge is 0.192 e. The second-order valence-corrected chi connectivity index (χ2v) is 23.9. The summed E-state index contributed by atoms with van der Waals surface area (Å²) in [6, 6.07) is 14.1. The summed E-state index contributed by atoms with van der Waals surface area (Å²) in [5, 5.41) is 0.171. The van der Waals surface area contributed by atoms with Crippen LogP contribution in [0.2, 0.25) is 36.3 Å². The number of rotatable bonds is 15. The van der Waals surface area contributed by atoms with Crippen molar-refractivity contribution in [1.82, 2.24) is 0 Å². The summed E-state index contributed by atoms with van der Waals surface area (Å²) in [6.45, 7) is 20.0. The topological polar surface area (TPSA) is 27.7 Å². The first-order chi connectivity index (χ1) is 16.5. The first-order valence-corrected chi connectivity index (χ1v) is 21.3. The van der Waals surface area contributed by atoms with Gasteiger partial charge >= 0.3 is 0 Å². The molecule has 2 rings (SSSR count). The molecule has 35 heavy (non-hydrogen) atoms. The predicted octanol–water partition coefficient (Wildman–Crippen LogP) is 8.96. The summed E-state index contributed by atoms with van der Waals surface area (Å²) in [4.78, 5) is 0. The SMILES string of the molecule is CC[Si](CC)(CC)O[C@H](CC1SCCCS1)C[C@H](COCc1ccccc1)O[Si](C)(C)C(C)(C)C. The van der Waals surface area contributed by atoms with E-state index in [-0.39, 0.29) is 17.2 Å². The Bertz CT molecular complexity index is 694. The molecule has 0 aliphatic carbocycles. The summed E-state index contributed by atoms with van der Waals surface area (Å²) < 4.78 is 21.1. The third-order valence-electron chi connectivity index (χ3n) is 7.91. The van der Waals surface area contributed by atoms with Crippen molar-refractivity contribution < 1.29 is 13.6 Å².